The number of hydrazone groups is 1. The predicted octanol–water partition coefficient (Wildman–Crippen LogP) is 3.45. The summed E-state index contributed by atoms with van der Waals surface area (Å²) in [6, 6.07) is 11.7. The molecule has 1 amide bonds. The van der Waals surface area contributed by atoms with E-state index >= 15 is 0 Å². The Morgan fingerprint density at radius 1 is 1.18 bits per heavy atom. The number of nitrogens with zero attached hydrogens (tertiary/aromatic N) is 4. The standard InChI is InChI=1S/C21H23N5O2/c1-15-19(14-22-23-20(27)18-10-13-28-16(18)2)21(25-11-6-7-12-25)26(24-15)17-8-4-3-5-9-17/h3-5,8-10,13-14H,6-7,11-12H2,1-2H3,(H,23,27). The Bertz CT molecular complexity index is 997. The van der Waals surface area contributed by atoms with Gasteiger partial charge in [0.15, 0.2) is 0 Å². The highest BCUT2D eigenvalue weighted by molar-refractivity contribution is 5.96. The number of furan rings is 1. The average Bonchev–Trinajstić information content (AvgIpc) is 3.43. The minimum absolute atomic E-state index is 0.293. The molecule has 3 heterocycles. The molecule has 1 N–H and O–H groups in total. The van der Waals surface area contributed by atoms with Crippen molar-refractivity contribution in [1.29, 1.82) is 0 Å². The highest BCUT2D eigenvalue weighted by atomic mass is 16.3. The zero-order valence-electron chi connectivity index (χ0n) is 16.1. The van der Waals surface area contributed by atoms with Crippen molar-refractivity contribution in [2.75, 3.05) is 18.0 Å². The van der Waals surface area contributed by atoms with Crippen LogP contribution in [0.25, 0.3) is 5.69 Å². The third-order valence-electron chi connectivity index (χ3n) is 4.95. The third kappa shape index (κ3) is 3.43. The second-order valence-corrected chi connectivity index (χ2v) is 6.85. The lowest BCUT2D eigenvalue weighted by Gasteiger charge is -2.20. The first-order valence-corrected chi connectivity index (χ1v) is 9.42. The van der Waals surface area contributed by atoms with Gasteiger partial charge in [0.05, 0.1) is 35.0 Å². The molecule has 1 saturated heterocycles. The predicted molar refractivity (Wildman–Crippen MR) is 108 cm³/mol. The van der Waals surface area contributed by atoms with E-state index in [9.17, 15) is 4.79 Å². The zero-order valence-corrected chi connectivity index (χ0v) is 16.1. The van der Waals surface area contributed by atoms with E-state index in [1.807, 2.05) is 41.9 Å². The number of nitrogens with one attached hydrogen (secondary N) is 1. The SMILES string of the molecule is Cc1nn(-c2ccccc2)c(N2CCCC2)c1C=NNC(=O)c1ccoc1C. The maximum atomic E-state index is 12.3. The molecule has 0 bridgehead atoms. The van der Waals surface area contributed by atoms with E-state index in [1.54, 1.807) is 19.2 Å². The second-order valence-electron chi connectivity index (χ2n) is 6.85. The van der Waals surface area contributed by atoms with Crippen LogP contribution < -0.4 is 10.3 Å². The van der Waals surface area contributed by atoms with Crippen molar-refractivity contribution in [2.45, 2.75) is 26.7 Å². The summed E-state index contributed by atoms with van der Waals surface area (Å²) in [5.74, 6) is 1.29. The van der Waals surface area contributed by atoms with Crippen LogP contribution in [0.3, 0.4) is 0 Å². The number of aromatic nitrogens is 2. The third-order valence-corrected chi connectivity index (χ3v) is 4.95. The lowest BCUT2D eigenvalue weighted by atomic mass is 10.2. The van der Waals surface area contributed by atoms with Crippen LogP contribution in [-0.4, -0.2) is 35.0 Å². The molecule has 2 aromatic heterocycles. The molecule has 144 valence electrons. The largest absolute Gasteiger partial charge is 0.469 e. The van der Waals surface area contributed by atoms with Gasteiger partial charge in [-0.3, -0.25) is 4.79 Å². The van der Waals surface area contributed by atoms with Crippen LogP contribution in [0.4, 0.5) is 5.82 Å². The topological polar surface area (TPSA) is 75.7 Å². The van der Waals surface area contributed by atoms with Gasteiger partial charge in [-0.2, -0.15) is 10.2 Å². The number of aryl methyl sites for hydroxylation is 2. The first-order chi connectivity index (χ1) is 13.6. The van der Waals surface area contributed by atoms with Crippen molar-refractivity contribution in [3.63, 3.8) is 0 Å². The number of carbonyl (C=O) groups excluding carboxylic acids is 1. The number of anilines is 1. The van der Waals surface area contributed by atoms with Crippen LogP contribution in [0.2, 0.25) is 0 Å². The van der Waals surface area contributed by atoms with Gasteiger partial charge >= 0.3 is 0 Å². The molecule has 0 unspecified atom stereocenters. The minimum atomic E-state index is -0.293. The smallest absolute Gasteiger partial charge is 0.274 e. The molecule has 0 atom stereocenters. The van der Waals surface area contributed by atoms with Crippen molar-refractivity contribution in [3.8, 4) is 5.69 Å². The Balaban J connectivity index is 1.65. The van der Waals surface area contributed by atoms with Crippen molar-refractivity contribution in [3.05, 3.63) is 65.2 Å². The molecule has 1 aliphatic rings. The van der Waals surface area contributed by atoms with Crippen LogP contribution in [-0.2, 0) is 0 Å². The number of rotatable bonds is 5. The molecule has 0 radical (unpaired) electrons. The number of hydrogen-bond acceptors (Lipinski definition) is 5. The summed E-state index contributed by atoms with van der Waals surface area (Å²) >= 11 is 0. The molecular weight excluding hydrogens is 354 g/mol. The molecule has 0 saturated carbocycles. The highest BCUT2D eigenvalue weighted by Crippen LogP contribution is 2.28. The van der Waals surface area contributed by atoms with Gasteiger partial charge in [-0.1, -0.05) is 18.2 Å². The monoisotopic (exact) mass is 377 g/mol. The van der Waals surface area contributed by atoms with Crippen molar-refractivity contribution >= 4 is 17.9 Å². The van der Waals surface area contributed by atoms with Crippen molar-refractivity contribution < 1.29 is 9.21 Å². The Labute approximate surface area is 163 Å². The maximum absolute atomic E-state index is 12.3. The Morgan fingerprint density at radius 3 is 2.61 bits per heavy atom. The quantitative estimate of drug-likeness (QED) is 0.546. The van der Waals surface area contributed by atoms with Crippen molar-refractivity contribution in [2.24, 2.45) is 5.10 Å². The first-order valence-electron chi connectivity index (χ1n) is 9.42. The van der Waals surface area contributed by atoms with Gasteiger partial charge in [0, 0.05) is 13.1 Å². The van der Waals surface area contributed by atoms with Crippen LogP contribution in [0, 0.1) is 13.8 Å². The fourth-order valence-electron chi connectivity index (χ4n) is 3.50. The molecule has 1 aromatic carbocycles. The summed E-state index contributed by atoms with van der Waals surface area (Å²) in [6.45, 7) is 5.68. The van der Waals surface area contributed by atoms with Crippen molar-refractivity contribution in [1.82, 2.24) is 15.2 Å². The lowest BCUT2D eigenvalue weighted by molar-refractivity contribution is 0.0953. The fourth-order valence-corrected chi connectivity index (χ4v) is 3.50. The van der Waals surface area contributed by atoms with Crippen LogP contribution >= 0.6 is 0 Å². The normalized spacial score (nSPS) is 14.1. The molecule has 4 rings (SSSR count). The molecule has 0 spiro atoms. The lowest BCUT2D eigenvalue weighted by Crippen LogP contribution is -2.23. The van der Waals surface area contributed by atoms with E-state index in [1.165, 1.54) is 6.26 Å². The van der Waals surface area contributed by atoms with Gasteiger partial charge in [-0.15, -0.1) is 0 Å². The van der Waals surface area contributed by atoms with E-state index < -0.39 is 0 Å². The first kappa shape index (κ1) is 18.0. The maximum Gasteiger partial charge on any atom is 0.274 e. The summed E-state index contributed by atoms with van der Waals surface area (Å²) < 4.78 is 7.14. The molecular formula is C21H23N5O2. The number of para-hydroxylation sites is 1. The van der Waals surface area contributed by atoms with E-state index in [-0.39, 0.29) is 5.91 Å². The van der Waals surface area contributed by atoms with Gasteiger partial charge in [0.25, 0.3) is 5.91 Å². The number of amides is 1. The number of benzene rings is 1. The summed E-state index contributed by atoms with van der Waals surface area (Å²) in [6.07, 6.45) is 5.49. The summed E-state index contributed by atoms with van der Waals surface area (Å²) in [7, 11) is 0. The van der Waals surface area contributed by atoms with Gasteiger partial charge < -0.3 is 9.32 Å². The molecule has 1 fully saturated rings. The van der Waals surface area contributed by atoms with Gasteiger partial charge in [0.1, 0.15) is 11.6 Å². The molecule has 0 aliphatic carbocycles. The minimum Gasteiger partial charge on any atom is -0.469 e. The Kier molecular flexibility index (Phi) is 4.97. The van der Waals surface area contributed by atoms with Gasteiger partial charge in [0.2, 0.25) is 0 Å². The Hall–Kier alpha value is -3.35. The molecule has 7 nitrogen and oxygen atoms in total. The summed E-state index contributed by atoms with van der Waals surface area (Å²) in [5.41, 5.74) is 5.84. The highest BCUT2D eigenvalue weighted by Gasteiger charge is 2.23. The zero-order chi connectivity index (χ0) is 19.5. The van der Waals surface area contributed by atoms with E-state index in [0.717, 1.165) is 48.7 Å². The summed E-state index contributed by atoms with van der Waals surface area (Å²) in [5, 5.41) is 8.94. The fraction of sp³-hybridized carbons (Fsp3) is 0.286. The van der Waals surface area contributed by atoms with E-state index in [2.05, 4.69) is 15.4 Å². The summed E-state index contributed by atoms with van der Waals surface area (Å²) in [4.78, 5) is 14.6. The average molecular weight is 377 g/mol. The van der Waals surface area contributed by atoms with E-state index in [4.69, 9.17) is 9.52 Å². The van der Waals surface area contributed by atoms with Crippen LogP contribution in [0.1, 0.15) is 40.2 Å². The van der Waals surface area contributed by atoms with Crippen LogP contribution in [0.5, 0.6) is 0 Å². The molecule has 7 heteroatoms. The number of carbonyl (C=O) groups is 1. The van der Waals surface area contributed by atoms with E-state index in [0.29, 0.717) is 11.3 Å². The number of hydrogen-bond donors (Lipinski definition) is 1. The molecule has 1 aliphatic heterocycles. The second kappa shape index (κ2) is 7.72. The Morgan fingerprint density at radius 2 is 1.93 bits per heavy atom. The van der Waals surface area contributed by atoms with Gasteiger partial charge in [-0.05, 0) is 44.9 Å². The van der Waals surface area contributed by atoms with Gasteiger partial charge in [-0.25, -0.2) is 10.1 Å². The molecule has 3 aromatic rings. The molecule has 28 heavy (non-hydrogen) atoms. The van der Waals surface area contributed by atoms with Crippen LogP contribution in [0.15, 0.2) is 52.2 Å².